The summed E-state index contributed by atoms with van der Waals surface area (Å²) in [4.78, 5) is 11.1. The van der Waals surface area contributed by atoms with E-state index in [4.69, 9.17) is 16.7 Å². The van der Waals surface area contributed by atoms with Gasteiger partial charge >= 0.3 is 5.97 Å². The van der Waals surface area contributed by atoms with E-state index in [1.165, 1.54) is 4.68 Å². The fraction of sp³-hybridized carbons (Fsp3) is 0.250. The molecule has 2 rings (SSSR count). The van der Waals surface area contributed by atoms with Gasteiger partial charge < -0.3 is 5.11 Å². The normalized spacial score (nSPS) is 10.7. The van der Waals surface area contributed by atoms with Crippen LogP contribution in [0, 0.1) is 0 Å². The van der Waals surface area contributed by atoms with Crippen molar-refractivity contribution in [3.63, 3.8) is 0 Å². The molecule has 0 atom stereocenters. The molecule has 0 saturated heterocycles. The second-order valence-corrected chi connectivity index (χ2v) is 5.24. The van der Waals surface area contributed by atoms with Gasteiger partial charge in [0.2, 0.25) is 0 Å². The lowest BCUT2D eigenvalue weighted by molar-refractivity contribution is 0.0689. The first-order valence-electron chi connectivity index (χ1n) is 5.68. The number of rotatable bonds is 4. The van der Waals surface area contributed by atoms with Crippen LogP contribution in [0.4, 0.5) is 0 Å². The zero-order chi connectivity index (χ0) is 14.0. The summed E-state index contributed by atoms with van der Waals surface area (Å²) in [5, 5.41) is 17.4. The Balaban J connectivity index is 2.58. The fourth-order valence-corrected chi connectivity index (χ4v) is 2.63. The lowest BCUT2D eigenvalue weighted by atomic mass is 10.2. The summed E-state index contributed by atoms with van der Waals surface area (Å²) in [5.41, 5.74) is 1.29. The largest absolute Gasteiger partial charge is 0.476 e. The Morgan fingerprint density at radius 1 is 1.53 bits per heavy atom. The summed E-state index contributed by atoms with van der Waals surface area (Å²) in [6.45, 7) is 1.97. The molecule has 0 aliphatic rings. The summed E-state index contributed by atoms with van der Waals surface area (Å²) >= 11 is 9.29. The first kappa shape index (κ1) is 14.0. The van der Waals surface area contributed by atoms with Gasteiger partial charge in [-0.3, -0.25) is 0 Å². The maximum absolute atomic E-state index is 11.1. The van der Waals surface area contributed by atoms with E-state index in [1.807, 2.05) is 6.92 Å². The lowest BCUT2D eigenvalue weighted by Crippen LogP contribution is -2.07. The van der Waals surface area contributed by atoms with Gasteiger partial charge in [-0.15, -0.1) is 5.10 Å². The van der Waals surface area contributed by atoms with E-state index >= 15 is 0 Å². The van der Waals surface area contributed by atoms with Crippen LogP contribution < -0.4 is 0 Å². The van der Waals surface area contributed by atoms with Crippen molar-refractivity contribution in [1.29, 1.82) is 0 Å². The van der Waals surface area contributed by atoms with E-state index in [0.717, 1.165) is 10.9 Å². The third-order valence-electron chi connectivity index (χ3n) is 2.59. The Hall–Kier alpha value is -1.40. The smallest absolute Gasteiger partial charge is 0.358 e. The number of hydrogen-bond donors (Lipinski definition) is 1. The van der Waals surface area contributed by atoms with E-state index in [1.54, 1.807) is 18.2 Å². The molecule has 0 radical (unpaired) electrons. The minimum Gasteiger partial charge on any atom is -0.476 e. The topological polar surface area (TPSA) is 68.0 Å². The van der Waals surface area contributed by atoms with E-state index in [9.17, 15) is 4.79 Å². The van der Waals surface area contributed by atoms with Gasteiger partial charge in [0.05, 0.1) is 11.4 Å². The molecule has 0 spiro atoms. The molecular formula is C12H11BrClN3O2. The molecule has 5 nitrogen and oxygen atoms in total. The summed E-state index contributed by atoms with van der Waals surface area (Å²) in [5.74, 6) is -1.07. The highest BCUT2D eigenvalue weighted by molar-refractivity contribution is 9.10. The van der Waals surface area contributed by atoms with Crippen molar-refractivity contribution in [2.24, 2.45) is 0 Å². The van der Waals surface area contributed by atoms with Gasteiger partial charge in [-0.1, -0.05) is 30.2 Å². The van der Waals surface area contributed by atoms with E-state index < -0.39 is 5.97 Å². The molecule has 0 aliphatic carbocycles. The monoisotopic (exact) mass is 343 g/mol. The number of hydrogen-bond acceptors (Lipinski definition) is 3. The number of halogens is 2. The standard InChI is InChI=1S/C12H11BrClN3O2/c1-2-3-10-11(12(18)19)15-16-17(10)9-5-4-7(14)6-8(9)13/h4-6H,2-3H2,1H3,(H,18,19). The van der Waals surface area contributed by atoms with Gasteiger partial charge in [0.15, 0.2) is 5.69 Å². The third-order valence-corrected chi connectivity index (χ3v) is 3.46. The van der Waals surface area contributed by atoms with Crippen LogP contribution in [0.25, 0.3) is 5.69 Å². The average Bonchev–Trinajstić information content (AvgIpc) is 2.73. The summed E-state index contributed by atoms with van der Waals surface area (Å²) < 4.78 is 2.27. The molecule has 1 heterocycles. The second kappa shape index (κ2) is 5.71. The first-order chi connectivity index (χ1) is 9.04. The molecule has 0 fully saturated rings. The van der Waals surface area contributed by atoms with Gasteiger partial charge in [-0.05, 0) is 40.5 Å². The van der Waals surface area contributed by atoms with Crippen molar-refractivity contribution in [3.8, 4) is 5.69 Å². The maximum Gasteiger partial charge on any atom is 0.358 e. The van der Waals surface area contributed by atoms with Crippen LogP contribution in [0.5, 0.6) is 0 Å². The van der Waals surface area contributed by atoms with Crippen molar-refractivity contribution >= 4 is 33.5 Å². The molecule has 0 bridgehead atoms. The summed E-state index contributed by atoms with van der Waals surface area (Å²) in [6.07, 6.45) is 1.39. The fourth-order valence-electron chi connectivity index (χ4n) is 1.78. The van der Waals surface area contributed by atoms with Crippen molar-refractivity contribution in [1.82, 2.24) is 15.0 Å². The van der Waals surface area contributed by atoms with Gasteiger partial charge in [0, 0.05) is 9.50 Å². The molecule has 0 aliphatic heterocycles. The number of nitrogens with zero attached hydrogens (tertiary/aromatic N) is 3. The minimum atomic E-state index is -1.07. The minimum absolute atomic E-state index is 0.0105. The zero-order valence-corrected chi connectivity index (χ0v) is 12.4. The first-order valence-corrected chi connectivity index (χ1v) is 6.85. The maximum atomic E-state index is 11.1. The number of carbonyl (C=O) groups is 1. The van der Waals surface area contributed by atoms with Crippen LogP contribution in [0.3, 0.4) is 0 Å². The number of benzene rings is 1. The summed E-state index contributed by atoms with van der Waals surface area (Å²) in [6, 6.07) is 5.22. The Morgan fingerprint density at radius 3 is 2.84 bits per heavy atom. The molecular weight excluding hydrogens is 334 g/mol. The molecule has 0 amide bonds. The highest BCUT2D eigenvalue weighted by Gasteiger charge is 2.20. The average molecular weight is 345 g/mol. The highest BCUT2D eigenvalue weighted by Crippen LogP contribution is 2.26. The molecule has 19 heavy (non-hydrogen) atoms. The van der Waals surface area contributed by atoms with Crippen molar-refractivity contribution in [3.05, 3.63) is 39.1 Å². The third kappa shape index (κ3) is 2.79. The number of aromatic carboxylic acids is 1. The van der Waals surface area contributed by atoms with Crippen LogP contribution >= 0.6 is 27.5 Å². The molecule has 1 N–H and O–H groups in total. The molecule has 0 saturated carbocycles. The predicted molar refractivity (Wildman–Crippen MR) is 75.0 cm³/mol. The summed E-state index contributed by atoms with van der Waals surface area (Å²) in [7, 11) is 0. The second-order valence-electron chi connectivity index (χ2n) is 3.95. The van der Waals surface area contributed by atoms with Crippen molar-refractivity contribution in [2.45, 2.75) is 19.8 Å². The Bertz CT molecular complexity index is 627. The van der Waals surface area contributed by atoms with E-state index in [2.05, 4.69) is 26.2 Å². The molecule has 100 valence electrons. The molecule has 2 aromatic rings. The van der Waals surface area contributed by atoms with E-state index in [0.29, 0.717) is 22.8 Å². The molecule has 0 unspecified atom stereocenters. The Labute approximate surface area is 123 Å². The van der Waals surface area contributed by atoms with Crippen LogP contribution in [0.1, 0.15) is 29.5 Å². The van der Waals surface area contributed by atoms with Gasteiger partial charge in [-0.25, -0.2) is 9.48 Å². The van der Waals surface area contributed by atoms with Gasteiger partial charge in [-0.2, -0.15) is 0 Å². The number of carboxylic acid groups (broad SMARTS) is 1. The quantitative estimate of drug-likeness (QED) is 0.923. The van der Waals surface area contributed by atoms with E-state index in [-0.39, 0.29) is 5.69 Å². The van der Waals surface area contributed by atoms with Crippen LogP contribution in [-0.2, 0) is 6.42 Å². The Morgan fingerprint density at radius 2 is 2.26 bits per heavy atom. The van der Waals surface area contributed by atoms with Crippen LogP contribution in [0.15, 0.2) is 22.7 Å². The van der Waals surface area contributed by atoms with Gasteiger partial charge in [0.1, 0.15) is 0 Å². The molecule has 1 aromatic heterocycles. The van der Waals surface area contributed by atoms with Gasteiger partial charge in [0.25, 0.3) is 0 Å². The highest BCUT2D eigenvalue weighted by atomic mass is 79.9. The molecule has 7 heteroatoms. The van der Waals surface area contributed by atoms with Crippen LogP contribution in [-0.4, -0.2) is 26.1 Å². The lowest BCUT2D eigenvalue weighted by Gasteiger charge is -2.08. The van der Waals surface area contributed by atoms with Crippen molar-refractivity contribution < 1.29 is 9.90 Å². The zero-order valence-electron chi connectivity index (χ0n) is 10.1. The number of carboxylic acids is 1. The Kier molecular flexibility index (Phi) is 4.21. The molecule has 1 aromatic carbocycles. The van der Waals surface area contributed by atoms with Crippen molar-refractivity contribution in [2.75, 3.05) is 0 Å². The number of aromatic nitrogens is 3. The van der Waals surface area contributed by atoms with Crippen LogP contribution in [0.2, 0.25) is 5.02 Å². The SMILES string of the molecule is CCCc1c(C(=O)O)nnn1-c1ccc(Cl)cc1Br. The predicted octanol–water partition coefficient (Wildman–Crippen LogP) is 3.33.